The van der Waals surface area contributed by atoms with Gasteiger partial charge in [-0.25, -0.2) is 0 Å². The zero-order valence-electron chi connectivity index (χ0n) is 11.4. The quantitative estimate of drug-likeness (QED) is 0.897. The number of rotatable bonds is 3. The predicted octanol–water partition coefficient (Wildman–Crippen LogP) is 3.94. The summed E-state index contributed by atoms with van der Waals surface area (Å²) in [6, 6.07) is 16.4. The molecule has 0 amide bonds. The van der Waals surface area contributed by atoms with Crippen LogP contribution in [0.15, 0.2) is 48.5 Å². The number of nitrogens with two attached hydrogens (primary N) is 1. The molecule has 1 unspecified atom stereocenters. The van der Waals surface area contributed by atoms with E-state index in [1.807, 2.05) is 24.3 Å². The minimum Gasteiger partial charge on any atom is -0.373 e. The molecule has 3 N–H and O–H groups in total. The standard InChI is InChI=1S/C17H19ClN2/c18-15-9-3-4-10-16(15)20-17(12-19)11-5-7-13-6-1-2-8-14(13)17/h1-4,6,8-10,20H,5,7,11-12,19H2. The Morgan fingerprint density at radius 1 is 1.10 bits per heavy atom. The third kappa shape index (κ3) is 2.30. The molecule has 1 aliphatic rings. The molecule has 0 saturated heterocycles. The summed E-state index contributed by atoms with van der Waals surface area (Å²) in [7, 11) is 0. The molecule has 0 aromatic heterocycles. The van der Waals surface area contributed by atoms with Crippen molar-refractivity contribution in [2.75, 3.05) is 11.9 Å². The monoisotopic (exact) mass is 286 g/mol. The Balaban J connectivity index is 2.03. The highest BCUT2D eigenvalue weighted by molar-refractivity contribution is 6.33. The topological polar surface area (TPSA) is 38.0 Å². The fraction of sp³-hybridized carbons (Fsp3) is 0.294. The van der Waals surface area contributed by atoms with Gasteiger partial charge < -0.3 is 11.1 Å². The van der Waals surface area contributed by atoms with Crippen LogP contribution < -0.4 is 11.1 Å². The van der Waals surface area contributed by atoms with Crippen molar-refractivity contribution in [1.82, 2.24) is 0 Å². The van der Waals surface area contributed by atoms with E-state index in [4.69, 9.17) is 17.3 Å². The van der Waals surface area contributed by atoms with Gasteiger partial charge in [-0.2, -0.15) is 0 Å². The molecule has 20 heavy (non-hydrogen) atoms. The normalized spacial score (nSPS) is 21.3. The molecule has 1 aliphatic carbocycles. The van der Waals surface area contributed by atoms with E-state index < -0.39 is 0 Å². The molecule has 0 spiro atoms. The number of hydrogen-bond acceptors (Lipinski definition) is 2. The summed E-state index contributed by atoms with van der Waals surface area (Å²) in [5, 5.41) is 4.35. The molecule has 0 aliphatic heterocycles. The van der Waals surface area contributed by atoms with Gasteiger partial charge in [-0.1, -0.05) is 48.0 Å². The Morgan fingerprint density at radius 3 is 2.65 bits per heavy atom. The molecule has 3 heteroatoms. The molecule has 0 bridgehead atoms. The number of halogens is 1. The van der Waals surface area contributed by atoms with Gasteiger partial charge in [0.2, 0.25) is 0 Å². The van der Waals surface area contributed by atoms with Gasteiger partial charge in [0.15, 0.2) is 0 Å². The highest BCUT2D eigenvalue weighted by Gasteiger charge is 2.35. The number of benzene rings is 2. The molecule has 2 aromatic rings. The van der Waals surface area contributed by atoms with Crippen molar-refractivity contribution in [3.63, 3.8) is 0 Å². The lowest BCUT2D eigenvalue weighted by Crippen LogP contribution is -2.45. The lowest BCUT2D eigenvalue weighted by molar-refractivity contribution is 0.417. The van der Waals surface area contributed by atoms with Crippen LogP contribution >= 0.6 is 11.6 Å². The lowest BCUT2D eigenvalue weighted by Gasteiger charge is -2.40. The second kappa shape index (κ2) is 5.47. The van der Waals surface area contributed by atoms with E-state index in [1.54, 1.807) is 0 Å². The van der Waals surface area contributed by atoms with Crippen LogP contribution in [0.4, 0.5) is 5.69 Å². The summed E-state index contributed by atoms with van der Waals surface area (Å²) in [6.07, 6.45) is 3.31. The smallest absolute Gasteiger partial charge is 0.0750 e. The highest BCUT2D eigenvalue weighted by atomic mass is 35.5. The van der Waals surface area contributed by atoms with E-state index in [-0.39, 0.29) is 5.54 Å². The third-order valence-corrected chi connectivity index (χ3v) is 4.51. The highest BCUT2D eigenvalue weighted by Crippen LogP contribution is 2.38. The minimum absolute atomic E-state index is 0.208. The second-order valence-corrected chi connectivity index (χ2v) is 5.81. The van der Waals surface area contributed by atoms with Crippen molar-refractivity contribution < 1.29 is 0 Å². The van der Waals surface area contributed by atoms with Gasteiger partial charge >= 0.3 is 0 Å². The van der Waals surface area contributed by atoms with Crippen molar-refractivity contribution in [1.29, 1.82) is 0 Å². The molecule has 0 radical (unpaired) electrons. The van der Waals surface area contributed by atoms with E-state index in [9.17, 15) is 0 Å². The first-order chi connectivity index (χ1) is 9.75. The maximum absolute atomic E-state index is 6.29. The zero-order chi connectivity index (χ0) is 14.0. The fourth-order valence-corrected chi connectivity index (χ4v) is 3.32. The average Bonchev–Trinajstić information content (AvgIpc) is 2.50. The lowest BCUT2D eigenvalue weighted by atomic mass is 9.76. The minimum atomic E-state index is -0.208. The molecule has 0 heterocycles. The fourth-order valence-electron chi connectivity index (χ4n) is 3.13. The van der Waals surface area contributed by atoms with Crippen molar-refractivity contribution in [2.45, 2.75) is 24.8 Å². The van der Waals surface area contributed by atoms with Crippen LogP contribution in [0.25, 0.3) is 0 Å². The Hall–Kier alpha value is -1.51. The van der Waals surface area contributed by atoms with Gasteiger partial charge in [0.05, 0.1) is 16.2 Å². The van der Waals surface area contributed by atoms with E-state index in [0.29, 0.717) is 6.54 Å². The van der Waals surface area contributed by atoms with Gasteiger partial charge in [0.25, 0.3) is 0 Å². The van der Waals surface area contributed by atoms with Crippen LogP contribution in [-0.2, 0) is 12.0 Å². The predicted molar refractivity (Wildman–Crippen MR) is 85.2 cm³/mol. The van der Waals surface area contributed by atoms with Crippen LogP contribution in [0.2, 0.25) is 5.02 Å². The summed E-state index contributed by atoms with van der Waals surface area (Å²) in [5.41, 5.74) is 9.60. The van der Waals surface area contributed by atoms with Gasteiger partial charge in [-0.05, 0) is 42.5 Å². The van der Waals surface area contributed by atoms with Crippen LogP contribution in [0, 0.1) is 0 Å². The second-order valence-electron chi connectivity index (χ2n) is 5.40. The molecule has 3 rings (SSSR count). The van der Waals surface area contributed by atoms with E-state index in [2.05, 4.69) is 29.6 Å². The number of aryl methyl sites for hydroxylation is 1. The number of hydrogen-bond donors (Lipinski definition) is 2. The van der Waals surface area contributed by atoms with Crippen molar-refractivity contribution in [3.05, 3.63) is 64.7 Å². The SMILES string of the molecule is NCC1(Nc2ccccc2Cl)CCCc2ccccc21. The molecule has 0 fully saturated rings. The number of fused-ring (bicyclic) bond motifs is 1. The molecular weight excluding hydrogens is 268 g/mol. The maximum atomic E-state index is 6.29. The first-order valence-electron chi connectivity index (χ1n) is 7.06. The summed E-state index contributed by atoms with van der Waals surface area (Å²) >= 11 is 6.29. The van der Waals surface area contributed by atoms with E-state index >= 15 is 0 Å². The van der Waals surface area contributed by atoms with E-state index in [1.165, 1.54) is 11.1 Å². The van der Waals surface area contributed by atoms with Crippen molar-refractivity contribution in [3.8, 4) is 0 Å². The number of anilines is 1. The van der Waals surface area contributed by atoms with Gasteiger partial charge in [-0.15, -0.1) is 0 Å². The summed E-state index contributed by atoms with van der Waals surface area (Å²) in [4.78, 5) is 0. The first-order valence-corrected chi connectivity index (χ1v) is 7.44. The van der Waals surface area contributed by atoms with Gasteiger partial charge in [-0.3, -0.25) is 0 Å². The molecule has 104 valence electrons. The van der Waals surface area contributed by atoms with Crippen LogP contribution in [-0.4, -0.2) is 6.54 Å². The molecule has 2 aromatic carbocycles. The van der Waals surface area contributed by atoms with E-state index in [0.717, 1.165) is 30.0 Å². The molecular formula is C17H19ClN2. The van der Waals surface area contributed by atoms with Crippen LogP contribution in [0.3, 0.4) is 0 Å². The van der Waals surface area contributed by atoms with Gasteiger partial charge in [0.1, 0.15) is 0 Å². The summed E-state index contributed by atoms with van der Waals surface area (Å²) in [6.45, 7) is 0.565. The Bertz CT molecular complexity index is 611. The van der Waals surface area contributed by atoms with Crippen LogP contribution in [0.5, 0.6) is 0 Å². The Labute approximate surface area is 125 Å². The summed E-state index contributed by atoms with van der Waals surface area (Å²) in [5.74, 6) is 0. The number of nitrogens with one attached hydrogen (secondary N) is 1. The zero-order valence-corrected chi connectivity index (χ0v) is 12.2. The largest absolute Gasteiger partial charge is 0.373 e. The third-order valence-electron chi connectivity index (χ3n) is 4.18. The molecule has 0 saturated carbocycles. The van der Waals surface area contributed by atoms with Crippen LogP contribution in [0.1, 0.15) is 24.0 Å². The van der Waals surface area contributed by atoms with Crippen molar-refractivity contribution in [2.24, 2.45) is 5.73 Å². The first kappa shape index (κ1) is 13.5. The summed E-state index contributed by atoms with van der Waals surface area (Å²) < 4.78 is 0. The number of para-hydroxylation sites is 1. The maximum Gasteiger partial charge on any atom is 0.0750 e. The Morgan fingerprint density at radius 2 is 1.85 bits per heavy atom. The average molecular weight is 287 g/mol. The Kier molecular flexibility index (Phi) is 3.68. The van der Waals surface area contributed by atoms with Gasteiger partial charge in [0, 0.05) is 6.54 Å². The van der Waals surface area contributed by atoms with Crippen molar-refractivity contribution >= 4 is 17.3 Å². The molecule has 1 atom stereocenters. The molecule has 2 nitrogen and oxygen atoms in total.